The molecule has 0 spiro atoms. The van der Waals surface area contributed by atoms with Crippen LogP contribution in [-0.4, -0.2) is 5.91 Å². The summed E-state index contributed by atoms with van der Waals surface area (Å²) in [6, 6.07) is 0. The fourth-order valence-corrected chi connectivity index (χ4v) is 1.44. The summed E-state index contributed by atoms with van der Waals surface area (Å²) in [7, 11) is 0. The second-order valence-electron chi connectivity index (χ2n) is 3.16. The molecule has 0 saturated heterocycles. The Hall–Kier alpha value is -1.05. The van der Waals surface area contributed by atoms with Gasteiger partial charge in [0.15, 0.2) is 0 Å². The van der Waals surface area contributed by atoms with E-state index < -0.39 is 0 Å². The van der Waals surface area contributed by atoms with Gasteiger partial charge in [0.25, 0.3) is 0 Å². The highest BCUT2D eigenvalue weighted by Gasteiger charge is 2.19. The molecule has 0 saturated carbocycles. The molecule has 0 radical (unpaired) electrons. The molecule has 11 heavy (non-hydrogen) atoms. The van der Waals surface area contributed by atoms with E-state index in [9.17, 15) is 4.79 Å². The molecular weight excluding hydrogens is 138 g/mol. The summed E-state index contributed by atoms with van der Waals surface area (Å²) < 4.78 is 0. The highest BCUT2D eigenvalue weighted by Crippen LogP contribution is 2.25. The molecule has 1 aliphatic rings. The van der Waals surface area contributed by atoms with Crippen LogP contribution in [0.15, 0.2) is 23.8 Å². The van der Waals surface area contributed by atoms with Crippen molar-refractivity contribution in [3.8, 4) is 0 Å². The van der Waals surface area contributed by atoms with E-state index in [-0.39, 0.29) is 11.8 Å². The summed E-state index contributed by atoms with van der Waals surface area (Å²) >= 11 is 0. The van der Waals surface area contributed by atoms with Crippen LogP contribution < -0.4 is 5.73 Å². The van der Waals surface area contributed by atoms with Gasteiger partial charge in [0.1, 0.15) is 0 Å². The lowest BCUT2D eigenvalue weighted by Crippen LogP contribution is -2.25. The van der Waals surface area contributed by atoms with E-state index in [1.165, 1.54) is 5.57 Å². The molecule has 1 aliphatic carbocycles. The van der Waals surface area contributed by atoms with Crippen molar-refractivity contribution in [1.82, 2.24) is 0 Å². The number of hydrogen-bond acceptors (Lipinski definition) is 1. The maximum Gasteiger partial charge on any atom is 0.221 e. The molecule has 60 valence electrons. The Bertz CT molecular complexity index is 228. The molecule has 0 bridgehead atoms. The number of hydrogen-bond donors (Lipinski definition) is 1. The van der Waals surface area contributed by atoms with E-state index >= 15 is 0 Å². The zero-order valence-corrected chi connectivity index (χ0v) is 6.76. The van der Waals surface area contributed by atoms with Crippen molar-refractivity contribution in [2.24, 2.45) is 11.7 Å². The lowest BCUT2D eigenvalue weighted by atomic mass is 9.87. The predicted molar refractivity (Wildman–Crippen MR) is 44.8 cm³/mol. The highest BCUT2D eigenvalue weighted by atomic mass is 16.1. The Morgan fingerprint density at radius 2 is 2.36 bits per heavy atom. The van der Waals surface area contributed by atoms with Crippen molar-refractivity contribution in [3.05, 3.63) is 23.8 Å². The van der Waals surface area contributed by atoms with Gasteiger partial charge in [-0.15, -0.1) is 0 Å². The molecule has 0 aromatic rings. The normalized spacial score (nSPS) is 24.6. The second kappa shape index (κ2) is 2.91. The highest BCUT2D eigenvalue weighted by molar-refractivity contribution is 5.77. The number of nitrogens with two attached hydrogens (primary N) is 1. The van der Waals surface area contributed by atoms with Crippen molar-refractivity contribution in [3.63, 3.8) is 0 Å². The van der Waals surface area contributed by atoms with E-state index in [0.29, 0.717) is 0 Å². The van der Waals surface area contributed by atoms with E-state index in [4.69, 9.17) is 5.73 Å². The van der Waals surface area contributed by atoms with Gasteiger partial charge in [-0.1, -0.05) is 23.8 Å². The Morgan fingerprint density at radius 3 is 2.82 bits per heavy atom. The van der Waals surface area contributed by atoms with Gasteiger partial charge in [-0.25, -0.2) is 0 Å². The maximum absolute atomic E-state index is 10.8. The maximum atomic E-state index is 10.8. The van der Waals surface area contributed by atoms with Crippen molar-refractivity contribution >= 4 is 5.91 Å². The number of carbonyl (C=O) groups excluding carboxylic acids is 1. The van der Waals surface area contributed by atoms with E-state index in [2.05, 4.69) is 6.58 Å². The monoisotopic (exact) mass is 151 g/mol. The van der Waals surface area contributed by atoms with Gasteiger partial charge in [-0.05, 0) is 19.8 Å². The van der Waals surface area contributed by atoms with Gasteiger partial charge in [-0.3, -0.25) is 4.79 Å². The summed E-state index contributed by atoms with van der Waals surface area (Å²) in [5.74, 6) is -0.230. The zero-order chi connectivity index (χ0) is 8.43. The van der Waals surface area contributed by atoms with Gasteiger partial charge >= 0.3 is 0 Å². The van der Waals surface area contributed by atoms with Gasteiger partial charge in [-0.2, -0.15) is 0 Å². The summed E-state index contributed by atoms with van der Waals surface area (Å²) in [4.78, 5) is 10.8. The Kier molecular flexibility index (Phi) is 2.13. The molecule has 1 rings (SSSR count). The van der Waals surface area contributed by atoms with Crippen molar-refractivity contribution in [2.75, 3.05) is 0 Å². The van der Waals surface area contributed by atoms with Crippen LogP contribution in [-0.2, 0) is 4.79 Å². The molecule has 2 heteroatoms. The molecule has 2 nitrogen and oxygen atoms in total. The van der Waals surface area contributed by atoms with Crippen molar-refractivity contribution in [2.45, 2.75) is 19.8 Å². The van der Waals surface area contributed by atoms with Crippen LogP contribution >= 0.6 is 0 Å². The predicted octanol–water partition coefficient (Wildman–Crippen LogP) is 1.38. The van der Waals surface area contributed by atoms with Gasteiger partial charge in [0.2, 0.25) is 5.91 Å². The van der Waals surface area contributed by atoms with Crippen LogP contribution in [0.25, 0.3) is 0 Å². The van der Waals surface area contributed by atoms with Gasteiger partial charge < -0.3 is 5.73 Å². The van der Waals surface area contributed by atoms with E-state index in [0.717, 1.165) is 18.4 Å². The average molecular weight is 151 g/mol. The quantitative estimate of drug-likeness (QED) is 0.604. The van der Waals surface area contributed by atoms with Crippen molar-refractivity contribution < 1.29 is 4.79 Å². The van der Waals surface area contributed by atoms with Gasteiger partial charge in [0, 0.05) is 5.92 Å². The summed E-state index contributed by atoms with van der Waals surface area (Å²) in [5, 5.41) is 0. The SMILES string of the molecule is C=C1C=C(C)CC(C(N)=O)C1. The number of carbonyl (C=O) groups is 1. The summed E-state index contributed by atoms with van der Waals surface area (Å²) in [6.07, 6.45) is 3.56. The van der Waals surface area contributed by atoms with Crippen LogP contribution in [0.5, 0.6) is 0 Å². The smallest absolute Gasteiger partial charge is 0.221 e. The first-order valence-corrected chi connectivity index (χ1v) is 3.74. The van der Waals surface area contributed by atoms with Crippen LogP contribution in [0, 0.1) is 5.92 Å². The molecule has 0 aliphatic heterocycles. The minimum Gasteiger partial charge on any atom is -0.369 e. The first-order valence-electron chi connectivity index (χ1n) is 3.74. The molecule has 0 fully saturated rings. The van der Waals surface area contributed by atoms with Crippen LogP contribution in [0.1, 0.15) is 19.8 Å². The number of allylic oxidation sites excluding steroid dienone is 3. The molecule has 1 atom stereocenters. The van der Waals surface area contributed by atoms with E-state index in [1.54, 1.807) is 0 Å². The summed E-state index contributed by atoms with van der Waals surface area (Å²) in [6.45, 7) is 5.81. The number of rotatable bonds is 1. The van der Waals surface area contributed by atoms with Crippen molar-refractivity contribution in [1.29, 1.82) is 0 Å². The fraction of sp³-hybridized carbons (Fsp3) is 0.444. The van der Waals surface area contributed by atoms with Crippen LogP contribution in [0.2, 0.25) is 0 Å². The van der Waals surface area contributed by atoms with Crippen LogP contribution in [0.3, 0.4) is 0 Å². The Labute approximate surface area is 66.8 Å². The standard InChI is InChI=1S/C9H13NO/c1-6-3-7(2)5-8(4-6)9(10)11/h3,8H,1,4-5H2,2H3,(H2,10,11). The Balaban J connectivity index is 2.72. The molecule has 1 amide bonds. The number of amides is 1. The fourth-order valence-electron chi connectivity index (χ4n) is 1.44. The lowest BCUT2D eigenvalue weighted by molar-refractivity contribution is -0.121. The third kappa shape index (κ3) is 1.93. The topological polar surface area (TPSA) is 43.1 Å². The second-order valence-corrected chi connectivity index (χ2v) is 3.16. The van der Waals surface area contributed by atoms with Crippen LogP contribution in [0.4, 0.5) is 0 Å². The minimum atomic E-state index is -0.210. The largest absolute Gasteiger partial charge is 0.369 e. The Morgan fingerprint density at radius 1 is 1.73 bits per heavy atom. The first-order chi connectivity index (χ1) is 5.09. The third-order valence-electron chi connectivity index (χ3n) is 1.93. The molecule has 2 N–H and O–H groups in total. The molecule has 0 aromatic heterocycles. The average Bonchev–Trinajstić information content (AvgIpc) is 1.85. The molecular formula is C9H13NO. The molecule has 0 heterocycles. The molecule has 0 aromatic carbocycles. The lowest BCUT2D eigenvalue weighted by Gasteiger charge is -2.19. The van der Waals surface area contributed by atoms with Gasteiger partial charge in [0.05, 0.1) is 0 Å². The third-order valence-corrected chi connectivity index (χ3v) is 1.93. The minimum absolute atomic E-state index is 0.0208. The zero-order valence-electron chi connectivity index (χ0n) is 6.76. The van der Waals surface area contributed by atoms with E-state index in [1.807, 2.05) is 13.0 Å². The number of primary amides is 1. The summed E-state index contributed by atoms with van der Waals surface area (Å²) in [5.41, 5.74) is 7.40. The molecule has 1 unspecified atom stereocenters. The first kappa shape index (κ1) is 8.05.